The lowest BCUT2D eigenvalue weighted by molar-refractivity contribution is -0.124. The fourth-order valence-electron chi connectivity index (χ4n) is 4.50. The number of hydrogen-bond acceptors (Lipinski definition) is 5. The average molecular weight is 425 g/mol. The number of nitrogens with one attached hydrogen (secondary N) is 1. The number of hydrogen-bond donors (Lipinski definition) is 1. The molecule has 0 bridgehead atoms. The maximum atomic E-state index is 13.2. The highest BCUT2D eigenvalue weighted by Gasteiger charge is 2.25. The Morgan fingerprint density at radius 2 is 1.87 bits per heavy atom. The number of fused-ring (bicyclic) bond motifs is 3. The van der Waals surface area contributed by atoms with Gasteiger partial charge in [0.2, 0.25) is 5.91 Å². The number of para-hydroxylation sites is 1. The van der Waals surface area contributed by atoms with Gasteiger partial charge in [0, 0.05) is 50.5 Å². The van der Waals surface area contributed by atoms with Crippen molar-refractivity contribution >= 4 is 27.7 Å². The Bertz CT molecular complexity index is 1130. The van der Waals surface area contributed by atoms with Gasteiger partial charge >= 0.3 is 0 Å². The zero-order valence-electron chi connectivity index (χ0n) is 18.7. The van der Waals surface area contributed by atoms with Crippen LogP contribution in [0.15, 0.2) is 35.3 Å². The Hall–Kier alpha value is -2.71. The van der Waals surface area contributed by atoms with Crippen LogP contribution in [0.4, 0.5) is 0 Å². The lowest BCUT2D eigenvalue weighted by Crippen LogP contribution is -2.45. The molecular formula is C23H32N6O2. The minimum atomic E-state index is -0.443. The SMILES string of the molecule is CC[C@H](C(=O)NCCCN1CCN(C)CC1)n1c2ccccc2c2cnn(C)c(=O)c21. The van der Waals surface area contributed by atoms with E-state index in [2.05, 4.69) is 27.3 Å². The van der Waals surface area contributed by atoms with Gasteiger partial charge in [-0.2, -0.15) is 5.10 Å². The molecule has 3 aromatic rings. The van der Waals surface area contributed by atoms with Crippen molar-refractivity contribution in [2.75, 3.05) is 46.3 Å². The van der Waals surface area contributed by atoms with Gasteiger partial charge in [-0.05, 0) is 32.5 Å². The Balaban J connectivity index is 1.53. The van der Waals surface area contributed by atoms with Gasteiger partial charge in [0.05, 0.1) is 11.7 Å². The first-order valence-corrected chi connectivity index (χ1v) is 11.1. The zero-order chi connectivity index (χ0) is 22.0. The van der Waals surface area contributed by atoms with Crippen LogP contribution in [0.25, 0.3) is 21.8 Å². The van der Waals surface area contributed by atoms with Crippen LogP contribution in [0.1, 0.15) is 25.8 Å². The highest BCUT2D eigenvalue weighted by Crippen LogP contribution is 2.30. The van der Waals surface area contributed by atoms with Gasteiger partial charge in [0.1, 0.15) is 11.6 Å². The van der Waals surface area contributed by atoms with E-state index in [-0.39, 0.29) is 11.5 Å². The van der Waals surface area contributed by atoms with E-state index in [4.69, 9.17) is 0 Å². The Kier molecular flexibility index (Phi) is 6.38. The average Bonchev–Trinajstić information content (AvgIpc) is 3.11. The van der Waals surface area contributed by atoms with Crippen molar-refractivity contribution in [1.29, 1.82) is 0 Å². The molecule has 4 rings (SSSR count). The van der Waals surface area contributed by atoms with E-state index in [1.165, 1.54) is 4.68 Å². The number of piperazine rings is 1. The van der Waals surface area contributed by atoms with Crippen molar-refractivity contribution in [3.63, 3.8) is 0 Å². The van der Waals surface area contributed by atoms with Crippen molar-refractivity contribution < 1.29 is 4.79 Å². The summed E-state index contributed by atoms with van der Waals surface area (Å²) in [6.07, 6.45) is 3.24. The molecule has 1 atom stereocenters. The second kappa shape index (κ2) is 9.20. The van der Waals surface area contributed by atoms with Crippen LogP contribution in [0, 0.1) is 0 Å². The summed E-state index contributed by atoms with van der Waals surface area (Å²) < 4.78 is 3.24. The summed E-state index contributed by atoms with van der Waals surface area (Å²) in [5.74, 6) is -0.0394. The molecule has 8 nitrogen and oxygen atoms in total. The van der Waals surface area contributed by atoms with Crippen LogP contribution in [-0.4, -0.2) is 76.4 Å². The van der Waals surface area contributed by atoms with Gasteiger partial charge in [-0.25, -0.2) is 4.68 Å². The maximum Gasteiger partial charge on any atom is 0.291 e. The first kappa shape index (κ1) is 21.5. The van der Waals surface area contributed by atoms with Gasteiger partial charge in [-0.3, -0.25) is 9.59 Å². The molecule has 31 heavy (non-hydrogen) atoms. The van der Waals surface area contributed by atoms with Crippen LogP contribution >= 0.6 is 0 Å². The van der Waals surface area contributed by atoms with Gasteiger partial charge < -0.3 is 19.7 Å². The predicted octanol–water partition coefficient (Wildman–Crippen LogP) is 1.59. The fraction of sp³-hybridized carbons (Fsp3) is 0.522. The van der Waals surface area contributed by atoms with E-state index in [0.717, 1.165) is 55.4 Å². The van der Waals surface area contributed by atoms with E-state index in [1.54, 1.807) is 13.2 Å². The number of likely N-dealkylation sites (N-methyl/N-ethyl adjacent to an activating group) is 1. The standard InChI is InChI=1S/C23H32N6O2/c1-4-19(22(30)24-10-7-11-28-14-12-26(2)13-15-28)29-20-9-6-5-8-17(20)18-16-25-27(3)23(31)21(18)29/h5-6,8-9,16,19H,4,7,10-15H2,1-3H3,(H,24,30)/t19-/m1/s1. The normalized spacial score (nSPS) is 16.7. The third kappa shape index (κ3) is 4.22. The third-order valence-corrected chi connectivity index (χ3v) is 6.35. The van der Waals surface area contributed by atoms with Crippen molar-refractivity contribution in [3.8, 4) is 0 Å². The molecule has 1 fully saturated rings. The number of amides is 1. The lowest BCUT2D eigenvalue weighted by Gasteiger charge is -2.32. The summed E-state index contributed by atoms with van der Waals surface area (Å²) in [7, 11) is 3.80. The Labute approximate surface area is 182 Å². The molecule has 1 saturated heterocycles. The molecule has 0 unspecified atom stereocenters. The summed E-state index contributed by atoms with van der Waals surface area (Å²) >= 11 is 0. The number of nitrogens with zero attached hydrogens (tertiary/aromatic N) is 5. The van der Waals surface area contributed by atoms with Crippen LogP contribution in [0.2, 0.25) is 0 Å². The highest BCUT2D eigenvalue weighted by atomic mass is 16.2. The number of carbonyl (C=O) groups excluding carboxylic acids is 1. The molecule has 1 aromatic carbocycles. The van der Waals surface area contributed by atoms with E-state index in [9.17, 15) is 9.59 Å². The first-order chi connectivity index (χ1) is 15.0. The fourth-order valence-corrected chi connectivity index (χ4v) is 4.50. The van der Waals surface area contributed by atoms with E-state index in [1.807, 2.05) is 35.8 Å². The van der Waals surface area contributed by atoms with Crippen molar-refractivity contribution in [2.45, 2.75) is 25.8 Å². The monoisotopic (exact) mass is 424 g/mol. The van der Waals surface area contributed by atoms with Crippen molar-refractivity contribution in [1.82, 2.24) is 29.5 Å². The van der Waals surface area contributed by atoms with Crippen molar-refractivity contribution in [2.24, 2.45) is 7.05 Å². The summed E-state index contributed by atoms with van der Waals surface area (Å²) in [5.41, 5.74) is 1.25. The molecule has 1 aliphatic heterocycles. The number of carbonyl (C=O) groups is 1. The molecule has 0 aliphatic carbocycles. The Morgan fingerprint density at radius 1 is 1.13 bits per heavy atom. The topological polar surface area (TPSA) is 75.4 Å². The summed E-state index contributed by atoms with van der Waals surface area (Å²) in [6, 6.07) is 7.40. The maximum absolute atomic E-state index is 13.2. The summed E-state index contributed by atoms with van der Waals surface area (Å²) in [5, 5.41) is 9.05. The summed E-state index contributed by atoms with van der Waals surface area (Å²) in [4.78, 5) is 30.9. The molecule has 0 spiro atoms. The second-order valence-electron chi connectivity index (χ2n) is 8.44. The molecule has 1 N–H and O–H groups in total. The molecule has 2 aromatic heterocycles. The molecule has 1 aliphatic rings. The quantitative estimate of drug-likeness (QED) is 0.583. The molecule has 0 radical (unpaired) electrons. The van der Waals surface area contributed by atoms with E-state index >= 15 is 0 Å². The number of rotatable bonds is 7. The molecule has 3 heterocycles. The van der Waals surface area contributed by atoms with E-state index in [0.29, 0.717) is 18.5 Å². The van der Waals surface area contributed by atoms with Gasteiger partial charge in [0.15, 0.2) is 0 Å². The van der Waals surface area contributed by atoms with Crippen molar-refractivity contribution in [3.05, 3.63) is 40.8 Å². The molecule has 8 heteroatoms. The third-order valence-electron chi connectivity index (χ3n) is 6.35. The first-order valence-electron chi connectivity index (χ1n) is 11.1. The Morgan fingerprint density at radius 3 is 2.61 bits per heavy atom. The minimum Gasteiger partial charge on any atom is -0.354 e. The summed E-state index contributed by atoms with van der Waals surface area (Å²) in [6.45, 7) is 7.98. The largest absolute Gasteiger partial charge is 0.354 e. The number of aromatic nitrogens is 3. The van der Waals surface area contributed by atoms with Crippen LogP contribution in [0.3, 0.4) is 0 Å². The molecule has 166 valence electrons. The molecular weight excluding hydrogens is 392 g/mol. The molecule has 1 amide bonds. The minimum absolute atomic E-state index is 0.0394. The van der Waals surface area contributed by atoms with Gasteiger partial charge in [-0.15, -0.1) is 0 Å². The van der Waals surface area contributed by atoms with E-state index < -0.39 is 6.04 Å². The van der Waals surface area contributed by atoms with Gasteiger partial charge in [-0.1, -0.05) is 25.1 Å². The zero-order valence-corrected chi connectivity index (χ0v) is 18.7. The molecule has 0 saturated carbocycles. The number of benzene rings is 1. The second-order valence-corrected chi connectivity index (χ2v) is 8.44. The van der Waals surface area contributed by atoms with Crippen LogP contribution in [-0.2, 0) is 11.8 Å². The predicted molar refractivity (Wildman–Crippen MR) is 123 cm³/mol. The highest BCUT2D eigenvalue weighted by molar-refractivity contribution is 6.08. The van der Waals surface area contributed by atoms with Crippen LogP contribution < -0.4 is 10.9 Å². The lowest BCUT2D eigenvalue weighted by atomic mass is 10.2. The van der Waals surface area contributed by atoms with Crippen LogP contribution in [0.5, 0.6) is 0 Å². The smallest absolute Gasteiger partial charge is 0.291 e. The number of aryl methyl sites for hydroxylation is 1. The van der Waals surface area contributed by atoms with Gasteiger partial charge in [0.25, 0.3) is 5.56 Å².